The van der Waals surface area contributed by atoms with E-state index >= 15 is 0 Å². The highest BCUT2D eigenvalue weighted by atomic mass is 16.5. The summed E-state index contributed by atoms with van der Waals surface area (Å²) in [7, 11) is 3.10. The SMILES string of the molecule is COc1cc(OC)nc(NC2(CO)CCCC(C)C2)n1. The molecule has 1 fully saturated rings. The third-order valence-electron chi connectivity index (χ3n) is 3.87. The summed E-state index contributed by atoms with van der Waals surface area (Å²) in [5.74, 6) is 1.90. The molecule has 112 valence electrons. The van der Waals surface area contributed by atoms with Gasteiger partial charge in [-0.15, -0.1) is 0 Å². The lowest BCUT2D eigenvalue weighted by Gasteiger charge is -2.39. The van der Waals surface area contributed by atoms with Gasteiger partial charge in [0, 0.05) is 0 Å². The molecule has 6 nitrogen and oxygen atoms in total. The molecular formula is C14H23N3O3. The van der Waals surface area contributed by atoms with Crippen molar-refractivity contribution >= 4 is 5.95 Å². The van der Waals surface area contributed by atoms with Gasteiger partial charge >= 0.3 is 0 Å². The second kappa shape index (κ2) is 6.26. The lowest BCUT2D eigenvalue weighted by molar-refractivity contribution is 0.149. The van der Waals surface area contributed by atoms with E-state index in [1.807, 2.05) is 0 Å². The van der Waals surface area contributed by atoms with Crippen LogP contribution in [-0.4, -0.2) is 41.4 Å². The molecule has 2 rings (SSSR count). The maximum atomic E-state index is 9.79. The van der Waals surface area contributed by atoms with Crippen LogP contribution >= 0.6 is 0 Å². The monoisotopic (exact) mass is 281 g/mol. The van der Waals surface area contributed by atoms with Crippen LogP contribution in [0.5, 0.6) is 11.8 Å². The molecule has 1 aliphatic rings. The van der Waals surface area contributed by atoms with Crippen LogP contribution in [0.4, 0.5) is 5.95 Å². The maximum absolute atomic E-state index is 9.79. The summed E-state index contributed by atoms with van der Waals surface area (Å²) in [6.07, 6.45) is 4.12. The van der Waals surface area contributed by atoms with E-state index in [4.69, 9.17) is 9.47 Å². The molecule has 2 unspecified atom stereocenters. The van der Waals surface area contributed by atoms with Crippen molar-refractivity contribution < 1.29 is 14.6 Å². The fourth-order valence-corrected chi connectivity index (χ4v) is 2.86. The van der Waals surface area contributed by atoms with Gasteiger partial charge in [0.05, 0.1) is 32.4 Å². The molecule has 0 saturated heterocycles. The third kappa shape index (κ3) is 3.30. The first-order chi connectivity index (χ1) is 9.60. The molecule has 0 amide bonds. The smallest absolute Gasteiger partial charge is 0.229 e. The normalized spacial score (nSPS) is 26.1. The number of hydrogen-bond acceptors (Lipinski definition) is 6. The van der Waals surface area contributed by atoms with Gasteiger partial charge in [0.15, 0.2) is 0 Å². The van der Waals surface area contributed by atoms with E-state index in [1.54, 1.807) is 20.3 Å². The minimum Gasteiger partial charge on any atom is -0.481 e. The molecule has 1 heterocycles. The van der Waals surface area contributed by atoms with Crippen LogP contribution in [0.15, 0.2) is 6.07 Å². The van der Waals surface area contributed by atoms with Gasteiger partial charge in [0.1, 0.15) is 0 Å². The van der Waals surface area contributed by atoms with Crippen molar-refractivity contribution in [2.24, 2.45) is 5.92 Å². The van der Waals surface area contributed by atoms with Crippen molar-refractivity contribution in [3.05, 3.63) is 6.07 Å². The number of anilines is 1. The summed E-state index contributed by atoms with van der Waals surface area (Å²) in [5, 5.41) is 13.1. The Labute approximate surface area is 119 Å². The summed E-state index contributed by atoms with van der Waals surface area (Å²) < 4.78 is 10.3. The van der Waals surface area contributed by atoms with E-state index in [1.165, 1.54) is 6.42 Å². The lowest BCUT2D eigenvalue weighted by Crippen LogP contribution is -2.46. The minimum absolute atomic E-state index is 0.0697. The first-order valence-electron chi connectivity index (χ1n) is 6.97. The summed E-state index contributed by atoms with van der Waals surface area (Å²) >= 11 is 0. The Balaban J connectivity index is 2.22. The van der Waals surface area contributed by atoms with Crippen LogP contribution in [0.3, 0.4) is 0 Å². The largest absolute Gasteiger partial charge is 0.481 e. The zero-order valence-electron chi connectivity index (χ0n) is 12.3. The van der Waals surface area contributed by atoms with Gasteiger partial charge in [0.25, 0.3) is 0 Å². The predicted molar refractivity (Wildman–Crippen MR) is 76.2 cm³/mol. The Bertz CT molecular complexity index is 433. The maximum Gasteiger partial charge on any atom is 0.229 e. The van der Waals surface area contributed by atoms with E-state index in [0.29, 0.717) is 23.6 Å². The van der Waals surface area contributed by atoms with Crippen LogP contribution in [-0.2, 0) is 0 Å². The molecule has 6 heteroatoms. The Kier molecular flexibility index (Phi) is 4.65. The number of aliphatic hydroxyl groups is 1. The molecule has 2 atom stereocenters. The third-order valence-corrected chi connectivity index (χ3v) is 3.87. The highest BCUT2D eigenvalue weighted by Crippen LogP contribution is 2.34. The van der Waals surface area contributed by atoms with Crippen LogP contribution in [0.1, 0.15) is 32.6 Å². The summed E-state index contributed by atoms with van der Waals surface area (Å²) in [6, 6.07) is 1.63. The van der Waals surface area contributed by atoms with Crippen LogP contribution in [0, 0.1) is 5.92 Å². The van der Waals surface area contributed by atoms with Gasteiger partial charge in [-0.05, 0) is 18.8 Å². The minimum atomic E-state index is -0.352. The van der Waals surface area contributed by atoms with E-state index in [0.717, 1.165) is 19.3 Å². The molecule has 1 aliphatic carbocycles. The number of rotatable bonds is 5. The summed E-state index contributed by atoms with van der Waals surface area (Å²) in [4.78, 5) is 8.55. The molecule has 1 saturated carbocycles. The Morgan fingerprint density at radius 3 is 2.50 bits per heavy atom. The quantitative estimate of drug-likeness (QED) is 0.857. The van der Waals surface area contributed by atoms with E-state index < -0.39 is 0 Å². The van der Waals surface area contributed by atoms with Crippen molar-refractivity contribution in [2.45, 2.75) is 38.1 Å². The highest BCUT2D eigenvalue weighted by molar-refractivity contribution is 5.36. The van der Waals surface area contributed by atoms with Gasteiger partial charge < -0.3 is 19.9 Å². The van der Waals surface area contributed by atoms with Gasteiger partial charge in [-0.1, -0.05) is 19.8 Å². The molecule has 20 heavy (non-hydrogen) atoms. The number of ether oxygens (including phenoxy) is 2. The van der Waals surface area contributed by atoms with Crippen LogP contribution in [0.25, 0.3) is 0 Å². The second-order valence-electron chi connectivity index (χ2n) is 5.54. The standard InChI is InChI=1S/C14H23N3O3/c1-10-5-4-6-14(8-10,9-18)17-13-15-11(19-2)7-12(16-13)20-3/h7,10,18H,4-6,8-9H2,1-3H3,(H,15,16,17). The fourth-order valence-electron chi connectivity index (χ4n) is 2.86. The van der Waals surface area contributed by atoms with Crippen molar-refractivity contribution in [3.63, 3.8) is 0 Å². The topological polar surface area (TPSA) is 76.5 Å². The zero-order valence-corrected chi connectivity index (χ0v) is 12.3. The van der Waals surface area contributed by atoms with E-state index in [-0.39, 0.29) is 12.1 Å². The van der Waals surface area contributed by atoms with Gasteiger partial charge in [-0.25, -0.2) is 0 Å². The number of aromatic nitrogens is 2. The van der Waals surface area contributed by atoms with E-state index in [2.05, 4.69) is 22.2 Å². The van der Waals surface area contributed by atoms with Gasteiger partial charge in [0.2, 0.25) is 17.7 Å². The highest BCUT2D eigenvalue weighted by Gasteiger charge is 2.35. The van der Waals surface area contributed by atoms with Crippen molar-refractivity contribution in [1.29, 1.82) is 0 Å². The van der Waals surface area contributed by atoms with Crippen LogP contribution in [0.2, 0.25) is 0 Å². The summed E-state index contributed by atoms with van der Waals surface area (Å²) in [5.41, 5.74) is -0.352. The lowest BCUT2D eigenvalue weighted by atomic mass is 9.77. The first-order valence-corrected chi connectivity index (χ1v) is 6.97. The van der Waals surface area contributed by atoms with Gasteiger partial charge in [-0.3, -0.25) is 0 Å². The Morgan fingerprint density at radius 1 is 1.35 bits per heavy atom. The number of nitrogens with zero attached hydrogens (tertiary/aromatic N) is 2. The molecular weight excluding hydrogens is 258 g/mol. The second-order valence-corrected chi connectivity index (χ2v) is 5.54. The number of nitrogens with one attached hydrogen (secondary N) is 1. The average molecular weight is 281 g/mol. The molecule has 0 aromatic carbocycles. The van der Waals surface area contributed by atoms with Crippen molar-refractivity contribution in [1.82, 2.24) is 9.97 Å². The summed E-state index contributed by atoms with van der Waals surface area (Å²) in [6.45, 7) is 2.28. The molecule has 1 aromatic heterocycles. The number of hydrogen-bond donors (Lipinski definition) is 2. The number of aliphatic hydroxyl groups excluding tert-OH is 1. The molecule has 1 aromatic rings. The predicted octanol–water partition coefficient (Wildman–Crippen LogP) is 1.85. The Morgan fingerprint density at radius 2 is 2.00 bits per heavy atom. The zero-order chi connectivity index (χ0) is 14.6. The van der Waals surface area contributed by atoms with Crippen LogP contribution < -0.4 is 14.8 Å². The van der Waals surface area contributed by atoms with Gasteiger partial charge in [-0.2, -0.15) is 9.97 Å². The van der Waals surface area contributed by atoms with Crippen molar-refractivity contribution in [3.8, 4) is 11.8 Å². The molecule has 2 N–H and O–H groups in total. The Hall–Kier alpha value is -1.56. The van der Waals surface area contributed by atoms with Crippen molar-refractivity contribution in [2.75, 3.05) is 26.1 Å². The molecule has 0 spiro atoms. The molecule has 0 aliphatic heterocycles. The first kappa shape index (κ1) is 14.8. The fraction of sp³-hybridized carbons (Fsp3) is 0.714. The van der Waals surface area contributed by atoms with E-state index in [9.17, 15) is 5.11 Å². The molecule has 0 bridgehead atoms. The number of methoxy groups -OCH3 is 2. The molecule has 0 radical (unpaired) electrons. The average Bonchev–Trinajstić information content (AvgIpc) is 2.46.